The number of carbonyl (C=O) groups is 1. The molecule has 0 aliphatic rings. The minimum Gasteiger partial charge on any atom is -0.308 e. The van der Waals surface area contributed by atoms with Crippen LogP contribution in [0.3, 0.4) is 0 Å². The minimum absolute atomic E-state index is 0.00888. The summed E-state index contributed by atoms with van der Waals surface area (Å²) in [6, 6.07) is 9.74. The number of nitrogens with zero attached hydrogens (tertiary/aromatic N) is 4. The molecule has 0 aliphatic heterocycles. The number of aromatic nitrogens is 1. The minimum atomic E-state index is -0.455. The molecule has 1 amide bonds. The van der Waals surface area contributed by atoms with E-state index in [1.165, 1.54) is 29.5 Å². The van der Waals surface area contributed by atoms with Gasteiger partial charge in [-0.1, -0.05) is 22.9 Å². The number of hydrogen-bond acceptors (Lipinski definition) is 6. The fourth-order valence-corrected chi connectivity index (χ4v) is 4.27. The molecule has 3 rings (SSSR count). The third kappa shape index (κ3) is 5.21. The molecule has 0 spiro atoms. The lowest BCUT2D eigenvalue weighted by atomic mass is 10.2. The molecule has 2 aromatic carbocycles. The summed E-state index contributed by atoms with van der Waals surface area (Å²) >= 11 is 7.59. The van der Waals surface area contributed by atoms with E-state index in [2.05, 4.69) is 4.98 Å². The van der Waals surface area contributed by atoms with Gasteiger partial charge in [-0.3, -0.25) is 19.8 Å². The third-order valence-corrected chi connectivity index (χ3v) is 5.67. The van der Waals surface area contributed by atoms with E-state index in [-0.39, 0.29) is 11.6 Å². The Balaban J connectivity index is 1.88. The Bertz CT molecular complexity index is 1110. The first kappa shape index (κ1) is 21.9. The van der Waals surface area contributed by atoms with Gasteiger partial charge in [-0.2, -0.15) is 0 Å². The van der Waals surface area contributed by atoms with Gasteiger partial charge in [0.25, 0.3) is 11.6 Å². The van der Waals surface area contributed by atoms with E-state index in [1.54, 1.807) is 23.1 Å². The zero-order chi connectivity index (χ0) is 21.8. The van der Waals surface area contributed by atoms with Gasteiger partial charge in [0.1, 0.15) is 0 Å². The van der Waals surface area contributed by atoms with Crippen LogP contribution in [0.25, 0.3) is 16.3 Å². The second kappa shape index (κ2) is 9.34. The highest BCUT2D eigenvalue weighted by atomic mass is 35.5. The first-order valence-electron chi connectivity index (χ1n) is 9.20. The molecular weight excluding hydrogens is 424 g/mol. The molecule has 0 radical (unpaired) electrons. The summed E-state index contributed by atoms with van der Waals surface area (Å²) in [7, 11) is 3.88. The van der Waals surface area contributed by atoms with Crippen molar-refractivity contribution in [1.29, 1.82) is 0 Å². The Morgan fingerprint density at radius 2 is 1.93 bits per heavy atom. The predicted molar refractivity (Wildman–Crippen MR) is 122 cm³/mol. The van der Waals surface area contributed by atoms with Crippen molar-refractivity contribution >= 4 is 56.0 Å². The first-order valence-corrected chi connectivity index (χ1v) is 10.4. The number of likely N-dealkylation sites (N-methyl/N-ethyl adjacent to an activating group) is 1. The molecule has 0 fully saturated rings. The van der Waals surface area contributed by atoms with Crippen LogP contribution in [0.5, 0.6) is 0 Å². The summed E-state index contributed by atoms with van der Waals surface area (Å²) in [5.41, 5.74) is 2.51. The largest absolute Gasteiger partial charge is 0.308 e. The van der Waals surface area contributed by atoms with Crippen LogP contribution in [-0.4, -0.2) is 47.9 Å². The number of benzene rings is 2. The fourth-order valence-electron chi connectivity index (χ4n) is 2.82. The van der Waals surface area contributed by atoms with Gasteiger partial charge in [0.05, 0.1) is 15.1 Å². The van der Waals surface area contributed by atoms with E-state index >= 15 is 0 Å². The molecule has 0 N–H and O–H groups in total. The third-order valence-electron chi connectivity index (χ3n) is 4.43. The number of halogens is 1. The van der Waals surface area contributed by atoms with Gasteiger partial charge >= 0.3 is 0 Å². The van der Waals surface area contributed by atoms with Crippen molar-refractivity contribution in [1.82, 2.24) is 9.88 Å². The normalized spacial score (nSPS) is 11.5. The van der Waals surface area contributed by atoms with E-state index in [4.69, 9.17) is 11.6 Å². The van der Waals surface area contributed by atoms with Crippen molar-refractivity contribution in [2.24, 2.45) is 0 Å². The van der Waals surface area contributed by atoms with E-state index in [9.17, 15) is 14.9 Å². The highest BCUT2D eigenvalue weighted by Gasteiger charge is 2.19. The van der Waals surface area contributed by atoms with Crippen molar-refractivity contribution < 1.29 is 9.72 Å². The van der Waals surface area contributed by atoms with Gasteiger partial charge < -0.3 is 4.90 Å². The second-order valence-electron chi connectivity index (χ2n) is 7.04. The molecule has 0 atom stereocenters. The van der Waals surface area contributed by atoms with Crippen LogP contribution in [-0.2, 0) is 4.79 Å². The zero-order valence-corrected chi connectivity index (χ0v) is 18.4. The number of amides is 1. The molecule has 0 unspecified atom stereocenters. The van der Waals surface area contributed by atoms with Gasteiger partial charge in [0.15, 0.2) is 5.13 Å². The summed E-state index contributed by atoms with van der Waals surface area (Å²) in [6.45, 7) is 3.09. The number of hydrogen-bond donors (Lipinski definition) is 0. The van der Waals surface area contributed by atoms with Crippen LogP contribution >= 0.6 is 22.9 Å². The SMILES string of the molecule is Cc1cc(Cl)cc2sc(N(CCN(C)C)C(=O)C=Cc3ccc([N+](=O)[O-])cc3)nc12. The molecule has 9 heteroatoms. The van der Waals surface area contributed by atoms with E-state index in [0.29, 0.717) is 28.8 Å². The highest BCUT2D eigenvalue weighted by Crippen LogP contribution is 2.33. The highest BCUT2D eigenvalue weighted by molar-refractivity contribution is 7.22. The van der Waals surface area contributed by atoms with Gasteiger partial charge in [-0.15, -0.1) is 0 Å². The number of nitro benzene ring substituents is 1. The van der Waals surface area contributed by atoms with E-state index < -0.39 is 4.92 Å². The number of carbonyl (C=O) groups excluding carboxylic acids is 1. The summed E-state index contributed by atoms with van der Waals surface area (Å²) in [5, 5.41) is 12.0. The smallest absolute Gasteiger partial charge is 0.269 e. The lowest BCUT2D eigenvalue weighted by Crippen LogP contribution is -2.35. The maximum atomic E-state index is 13.0. The molecule has 1 aromatic heterocycles. The summed E-state index contributed by atoms with van der Waals surface area (Å²) in [4.78, 5) is 31.6. The van der Waals surface area contributed by atoms with Gasteiger partial charge in [-0.25, -0.2) is 4.98 Å². The number of anilines is 1. The summed E-state index contributed by atoms with van der Waals surface area (Å²) in [6.07, 6.45) is 3.10. The lowest BCUT2D eigenvalue weighted by Gasteiger charge is -2.20. The molecule has 3 aromatic rings. The van der Waals surface area contributed by atoms with Crippen molar-refractivity contribution in [3.63, 3.8) is 0 Å². The Labute approximate surface area is 183 Å². The maximum Gasteiger partial charge on any atom is 0.269 e. The Hall–Kier alpha value is -2.81. The second-order valence-corrected chi connectivity index (χ2v) is 8.49. The summed E-state index contributed by atoms with van der Waals surface area (Å²) in [5.74, 6) is -0.210. The molecular formula is C21H21ClN4O3S. The van der Waals surface area contributed by atoms with Crippen LogP contribution < -0.4 is 4.90 Å². The van der Waals surface area contributed by atoms with Crippen LogP contribution in [0.15, 0.2) is 42.5 Å². The topological polar surface area (TPSA) is 79.6 Å². The number of rotatable bonds is 7. The van der Waals surface area contributed by atoms with Crippen LogP contribution in [0.1, 0.15) is 11.1 Å². The Morgan fingerprint density at radius 1 is 1.23 bits per heavy atom. The van der Waals surface area contributed by atoms with E-state index in [0.717, 1.165) is 15.8 Å². The molecule has 0 bridgehead atoms. The standard InChI is InChI=1S/C21H21ClN4O3S/c1-14-12-16(22)13-18-20(14)23-21(30-18)25(11-10-24(2)3)19(27)9-6-15-4-7-17(8-5-15)26(28)29/h4-9,12-13H,10-11H2,1-3H3. The van der Waals surface area contributed by atoms with Crippen molar-refractivity contribution in [2.45, 2.75) is 6.92 Å². The molecule has 30 heavy (non-hydrogen) atoms. The van der Waals surface area contributed by atoms with Gasteiger partial charge in [0.2, 0.25) is 0 Å². The average molecular weight is 445 g/mol. The molecule has 1 heterocycles. The van der Waals surface area contributed by atoms with Crippen molar-refractivity contribution in [3.8, 4) is 0 Å². The number of nitro groups is 1. The molecule has 7 nitrogen and oxygen atoms in total. The quantitative estimate of drug-likeness (QED) is 0.298. The average Bonchev–Trinajstić information content (AvgIpc) is 3.10. The first-order chi connectivity index (χ1) is 14.2. The molecule has 0 saturated heterocycles. The van der Waals surface area contributed by atoms with Crippen LogP contribution in [0.4, 0.5) is 10.8 Å². The Morgan fingerprint density at radius 3 is 2.57 bits per heavy atom. The van der Waals surface area contributed by atoms with Crippen LogP contribution in [0.2, 0.25) is 5.02 Å². The maximum absolute atomic E-state index is 13.0. The number of non-ortho nitro benzene ring substituents is 1. The van der Waals surface area contributed by atoms with Crippen molar-refractivity contribution in [2.75, 3.05) is 32.1 Å². The van der Waals surface area contributed by atoms with Gasteiger partial charge in [-0.05, 0) is 62.5 Å². The van der Waals surface area contributed by atoms with Crippen LogP contribution in [0, 0.1) is 17.0 Å². The summed E-state index contributed by atoms with van der Waals surface area (Å²) < 4.78 is 0.928. The number of fused-ring (bicyclic) bond motifs is 1. The monoisotopic (exact) mass is 444 g/mol. The zero-order valence-electron chi connectivity index (χ0n) is 16.8. The Kier molecular flexibility index (Phi) is 6.81. The van der Waals surface area contributed by atoms with Crippen molar-refractivity contribution in [3.05, 3.63) is 68.7 Å². The predicted octanol–water partition coefficient (Wildman–Crippen LogP) is 4.77. The molecule has 0 aliphatic carbocycles. The van der Waals surface area contributed by atoms with Gasteiger partial charge in [0, 0.05) is 36.3 Å². The molecule has 0 saturated carbocycles. The molecule has 156 valence electrons. The number of thiazole rings is 1. The number of aryl methyl sites for hydroxylation is 1. The fraction of sp³-hybridized carbons (Fsp3) is 0.238. The lowest BCUT2D eigenvalue weighted by molar-refractivity contribution is -0.384. The van der Waals surface area contributed by atoms with E-state index in [1.807, 2.05) is 38.1 Å².